The van der Waals surface area contributed by atoms with E-state index in [1.807, 2.05) is 0 Å². The van der Waals surface area contributed by atoms with Crippen LogP contribution in [0.2, 0.25) is 0 Å². The van der Waals surface area contributed by atoms with Gasteiger partial charge in [-0.25, -0.2) is 4.79 Å². The number of imidazole rings is 1. The van der Waals surface area contributed by atoms with Gasteiger partial charge >= 0.3 is 11.7 Å². The molecule has 1 fully saturated rings. The highest BCUT2D eigenvalue weighted by atomic mass is 16.4. The Bertz CT molecular complexity index is 677. The molecule has 17 heavy (non-hydrogen) atoms. The van der Waals surface area contributed by atoms with Gasteiger partial charge in [-0.3, -0.25) is 9.36 Å². The molecular weight excluding hydrogens is 220 g/mol. The summed E-state index contributed by atoms with van der Waals surface area (Å²) >= 11 is 0. The number of hydrogen-bond donors (Lipinski definition) is 2. The van der Waals surface area contributed by atoms with Gasteiger partial charge in [0.2, 0.25) is 0 Å². The number of carboxylic acid groups (broad SMARTS) is 1. The van der Waals surface area contributed by atoms with Crippen LogP contribution in [0.1, 0.15) is 18.4 Å². The van der Waals surface area contributed by atoms with Gasteiger partial charge in [0.1, 0.15) is 0 Å². The summed E-state index contributed by atoms with van der Waals surface area (Å²) in [5.41, 5.74) is 1.36. The van der Waals surface area contributed by atoms with Crippen molar-refractivity contribution < 1.29 is 9.90 Å². The standard InChI is InChI=1S/C12H12N2O3/c1-14-9-3-2-7(6-8(9)13-11(14)17)12(4-5-12)10(15)16/h2-3,6H,4-5H2,1H3,(H,13,17)(H,15,16). The number of nitrogens with one attached hydrogen (secondary N) is 1. The number of aromatic amines is 1. The molecule has 5 nitrogen and oxygen atoms in total. The van der Waals surface area contributed by atoms with E-state index in [0.29, 0.717) is 18.4 Å². The average Bonchev–Trinajstić information content (AvgIpc) is 3.04. The van der Waals surface area contributed by atoms with Gasteiger partial charge in [-0.1, -0.05) is 6.07 Å². The van der Waals surface area contributed by atoms with Crippen molar-refractivity contribution in [3.63, 3.8) is 0 Å². The third-order valence-corrected chi connectivity index (χ3v) is 3.62. The van der Waals surface area contributed by atoms with Gasteiger partial charge in [0.25, 0.3) is 0 Å². The van der Waals surface area contributed by atoms with Crippen molar-refractivity contribution >= 4 is 17.0 Å². The zero-order chi connectivity index (χ0) is 12.2. The number of hydrogen-bond acceptors (Lipinski definition) is 2. The summed E-state index contributed by atoms with van der Waals surface area (Å²) in [5, 5.41) is 9.21. The van der Waals surface area contributed by atoms with Crippen LogP contribution in [0, 0.1) is 0 Å². The second-order valence-corrected chi connectivity index (χ2v) is 4.61. The van der Waals surface area contributed by atoms with E-state index in [2.05, 4.69) is 4.98 Å². The van der Waals surface area contributed by atoms with Gasteiger partial charge in [-0.05, 0) is 30.5 Å². The maximum atomic E-state index is 11.4. The fourth-order valence-electron chi connectivity index (χ4n) is 2.29. The number of carbonyl (C=O) groups is 1. The molecule has 0 unspecified atom stereocenters. The van der Waals surface area contributed by atoms with Gasteiger partial charge < -0.3 is 10.1 Å². The topological polar surface area (TPSA) is 75.1 Å². The van der Waals surface area contributed by atoms with Crippen LogP contribution < -0.4 is 5.69 Å². The van der Waals surface area contributed by atoms with Crippen LogP contribution in [-0.4, -0.2) is 20.6 Å². The van der Waals surface area contributed by atoms with Crippen LogP contribution >= 0.6 is 0 Å². The molecule has 2 N–H and O–H groups in total. The Morgan fingerprint density at radius 1 is 1.47 bits per heavy atom. The fraction of sp³-hybridized carbons (Fsp3) is 0.333. The maximum Gasteiger partial charge on any atom is 0.326 e. The van der Waals surface area contributed by atoms with Gasteiger partial charge in [0.05, 0.1) is 16.4 Å². The summed E-state index contributed by atoms with van der Waals surface area (Å²) in [5.74, 6) is -0.782. The first-order valence-electron chi connectivity index (χ1n) is 5.47. The molecule has 2 aromatic rings. The lowest BCUT2D eigenvalue weighted by molar-refractivity contribution is -0.140. The molecule has 1 aromatic carbocycles. The van der Waals surface area contributed by atoms with Gasteiger partial charge in [-0.15, -0.1) is 0 Å². The van der Waals surface area contributed by atoms with Crippen molar-refractivity contribution in [2.75, 3.05) is 0 Å². The summed E-state index contributed by atoms with van der Waals surface area (Å²) in [6.07, 6.45) is 1.34. The number of fused-ring (bicyclic) bond motifs is 1. The van der Waals surface area contributed by atoms with E-state index in [0.717, 1.165) is 11.1 Å². The van der Waals surface area contributed by atoms with Crippen LogP contribution in [0.3, 0.4) is 0 Å². The molecule has 1 heterocycles. The molecule has 3 rings (SSSR count). The van der Waals surface area contributed by atoms with Crippen LogP contribution in [0.4, 0.5) is 0 Å². The van der Waals surface area contributed by atoms with E-state index < -0.39 is 11.4 Å². The van der Waals surface area contributed by atoms with Crippen LogP contribution in [-0.2, 0) is 17.3 Å². The number of aryl methyl sites for hydroxylation is 1. The Kier molecular flexibility index (Phi) is 1.79. The zero-order valence-electron chi connectivity index (χ0n) is 9.36. The van der Waals surface area contributed by atoms with Crippen molar-refractivity contribution in [2.45, 2.75) is 18.3 Å². The molecule has 0 amide bonds. The van der Waals surface area contributed by atoms with E-state index >= 15 is 0 Å². The first-order valence-corrected chi connectivity index (χ1v) is 5.47. The lowest BCUT2D eigenvalue weighted by Gasteiger charge is -2.09. The molecule has 5 heteroatoms. The van der Waals surface area contributed by atoms with Crippen molar-refractivity contribution in [3.8, 4) is 0 Å². The van der Waals surface area contributed by atoms with Gasteiger partial charge in [-0.2, -0.15) is 0 Å². The second kappa shape index (κ2) is 3.00. The normalized spacial score (nSPS) is 17.2. The minimum Gasteiger partial charge on any atom is -0.481 e. The van der Waals surface area contributed by atoms with Crippen LogP contribution in [0.5, 0.6) is 0 Å². The van der Waals surface area contributed by atoms with Gasteiger partial charge in [0, 0.05) is 7.05 Å². The maximum absolute atomic E-state index is 11.4. The minimum absolute atomic E-state index is 0.183. The quantitative estimate of drug-likeness (QED) is 0.810. The Morgan fingerprint density at radius 3 is 2.76 bits per heavy atom. The molecule has 0 aliphatic heterocycles. The number of aliphatic carboxylic acids is 1. The Morgan fingerprint density at radius 2 is 2.18 bits per heavy atom. The summed E-state index contributed by atoms with van der Waals surface area (Å²) in [6, 6.07) is 5.38. The summed E-state index contributed by atoms with van der Waals surface area (Å²) in [7, 11) is 1.69. The zero-order valence-corrected chi connectivity index (χ0v) is 9.36. The Balaban J connectivity index is 2.21. The number of nitrogens with zero attached hydrogens (tertiary/aromatic N) is 1. The Labute approximate surface area is 96.7 Å². The molecule has 0 bridgehead atoms. The fourth-order valence-corrected chi connectivity index (χ4v) is 2.29. The lowest BCUT2D eigenvalue weighted by Crippen LogP contribution is -2.19. The molecule has 1 saturated carbocycles. The molecule has 0 atom stereocenters. The highest BCUT2D eigenvalue weighted by molar-refractivity contribution is 5.87. The molecule has 88 valence electrons. The third kappa shape index (κ3) is 1.25. The predicted molar refractivity (Wildman–Crippen MR) is 62.1 cm³/mol. The molecule has 0 saturated heterocycles. The first kappa shape index (κ1) is 10.1. The summed E-state index contributed by atoms with van der Waals surface area (Å²) < 4.78 is 1.51. The number of carboxylic acids is 1. The summed E-state index contributed by atoms with van der Waals surface area (Å²) in [6.45, 7) is 0. The number of H-pyrrole nitrogens is 1. The van der Waals surface area contributed by atoms with E-state index in [1.165, 1.54) is 4.57 Å². The third-order valence-electron chi connectivity index (χ3n) is 3.62. The monoisotopic (exact) mass is 232 g/mol. The molecule has 1 aliphatic carbocycles. The van der Waals surface area contributed by atoms with E-state index in [-0.39, 0.29) is 5.69 Å². The number of aromatic nitrogens is 2. The highest BCUT2D eigenvalue weighted by Gasteiger charge is 2.51. The van der Waals surface area contributed by atoms with Crippen molar-refractivity contribution in [1.82, 2.24) is 9.55 Å². The van der Waals surface area contributed by atoms with Crippen molar-refractivity contribution in [2.24, 2.45) is 7.05 Å². The minimum atomic E-state index is -0.782. The molecule has 0 radical (unpaired) electrons. The van der Waals surface area contributed by atoms with E-state index in [9.17, 15) is 14.7 Å². The van der Waals surface area contributed by atoms with Crippen molar-refractivity contribution in [3.05, 3.63) is 34.2 Å². The van der Waals surface area contributed by atoms with E-state index in [4.69, 9.17) is 0 Å². The molecule has 1 aromatic heterocycles. The molecular formula is C12H12N2O3. The predicted octanol–water partition coefficient (Wildman–Crippen LogP) is 0.983. The van der Waals surface area contributed by atoms with Gasteiger partial charge in [0.15, 0.2) is 0 Å². The SMILES string of the molecule is Cn1c(=O)[nH]c2cc(C3(C(=O)O)CC3)ccc21. The van der Waals surface area contributed by atoms with Crippen LogP contribution in [0.15, 0.2) is 23.0 Å². The first-order chi connectivity index (χ1) is 8.04. The lowest BCUT2D eigenvalue weighted by atomic mass is 9.96. The highest BCUT2D eigenvalue weighted by Crippen LogP contribution is 2.48. The Hall–Kier alpha value is -2.04. The largest absolute Gasteiger partial charge is 0.481 e. The smallest absolute Gasteiger partial charge is 0.326 e. The number of rotatable bonds is 2. The van der Waals surface area contributed by atoms with E-state index in [1.54, 1.807) is 25.2 Å². The molecule has 1 aliphatic rings. The second-order valence-electron chi connectivity index (χ2n) is 4.61. The number of benzene rings is 1. The summed E-state index contributed by atoms with van der Waals surface area (Å²) in [4.78, 5) is 25.4. The van der Waals surface area contributed by atoms with Crippen molar-refractivity contribution in [1.29, 1.82) is 0 Å². The average molecular weight is 232 g/mol. The molecule has 0 spiro atoms. The van der Waals surface area contributed by atoms with Crippen LogP contribution in [0.25, 0.3) is 11.0 Å².